The first-order chi connectivity index (χ1) is 17.1. The first kappa shape index (κ1) is 27.2. The van der Waals surface area contributed by atoms with Gasteiger partial charge in [-0.1, -0.05) is 43.5 Å². The Morgan fingerprint density at radius 3 is 2.53 bits per heavy atom. The second-order valence-electron chi connectivity index (χ2n) is 8.39. The molecular weight excluding hydrogens is 509 g/mol. The summed E-state index contributed by atoms with van der Waals surface area (Å²) in [5.74, 6) is -1.65. The van der Waals surface area contributed by atoms with Crippen LogP contribution in [-0.4, -0.2) is 36.3 Å². The fourth-order valence-corrected chi connectivity index (χ4v) is 3.76. The summed E-state index contributed by atoms with van der Waals surface area (Å²) in [6.07, 6.45) is 3.28. The van der Waals surface area contributed by atoms with E-state index in [1.54, 1.807) is 30.3 Å². The van der Waals surface area contributed by atoms with Gasteiger partial charge in [0.05, 0.1) is 34.3 Å². The molecule has 0 spiro atoms. The second kappa shape index (κ2) is 12.0. The predicted molar refractivity (Wildman–Crippen MR) is 138 cm³/mol. The number of carboxylic acids is 1. The molecule has 36 heavy (non-hydrogen) atoms. The molecular formula is C24H27Cl2N5O5. The lowest BCUT2D eigenvalue weighted by Gasteiger charge is -2.18. The number of rotatable bonds is 11. The Morgan fingerprint density at radius 1 is 1.17 bits per heavy atom. The molecule has 0 saturated carbocycles. The number of carboxylic acid groups (broad SMARTS) is 1. The Balaban J connectivity index is 2.00. The number of nitrogens with zero attached hydrogens (tertiary/aromatic N) is 4. The lowest BCUT2D eigenvalue weighted by atomic mass is 10.2. The minimum Gasteiger partial charge on any atom is -0.489 e. The number of nitrogens with one attached hydrogen (secondary N) is 1. The van der Waals surface area contributed by atoms with Crippen molar-refractivity contribution in [2.24, 2.45) is 5.92 Å². The van der Waals surface area contributed by atoms with Gasteiger partial charge in [-0.2, -0.15) is 4.98 Å². The van der Waals surface area contributed by atoms with Crippen LogP contribution >= 0.6 is 23.2 Å². The summed E-state index contributed by atoms with van der Waals surface area (Å²) in [4.78, 5) is 45.5. The zero-order valence-corrected chi connectivity index (χ0v) is 21.6. The minimum atomic E-state index is -1.14. The van der Waals surface area contributed by atoms with Crippen LogP contribution < -0.4 is 21.4 Å². The number of hydrogen-bond acceptors (Lipinski definition) is 7. The third-order valence-corrected chi connectivity index (χ3v) is 5.87. The molecule has 10 nitrogen and oxygen atoms in total. The largest absolute Gasteiger partial charge is 0.489 e. The summed E-state index contributed by atoms with van der Waals surface area (Å²) in [6.45, 7) is 5.05. The van der Waals surface area contributed by atoms with E-state index in [-0.39, 0.29) is 25.1 Å². The summed E-state index contributed by atoms with van der Waals surface area (Å²) in [5.41, 5.74) is -0.664. The molecule has 12 heteroatoms. The Bertz CT molecular complexity index is 1340. The molecule has 2 aromatic heterocycles. The Morgan fingerprint density at radius 2 is 1.92 bits per heavy atom. The standard InChI is InChI=1S/C24H27Cl2N5O5/c1-4-5-15(3)36-20-9-8-17(10-19(20)26)28-22-29-23(34)31(12-14(2)21(32)33)24(35)30(22)13-18-7-6-16(25)11-27-18/h6-11,14-15H,4-5,12-13H2,1-3H3,(H,32,33)(H,28,29,34)/t14-,15+/m0/s1. The molecule has 0 bridgehead atoms. The maximum Gasteiger partial charge on any atom is 0.354 e. The SMILES string of the molecule is CCC[C@@H](C)Oc1ccc(Nc2nc(=O)n(C[C@H](C)C(=O)O)c(=O)n2Cc2ccc(Cl)cn2)cc1Cl. The molecule has 0 amide bonds. The number of benzene rings is 1. The monoisotopic (exact) mass is 535 g/mol. The van der Waals surface area contributed by atoms with Gasteiger partial charge in [0.15, 0.2) is 0 Å². The number of aliphatic carboxylic acids is 1. The number of halogens is 2. The van der Waals surface area contributed by atoms with Crippen LogP contribution in [0.5, 0.6) is 5.75 Å². The molecule has 0 saturated heterocycles. The van der Waals surface area contributed by atoms with Crippen molar-refractivity contribution in [1.82, 2.24) is 19.1 Å². The van der Waals surface area contributed by atoms with E-state index in [1.165, 1.54) is 17.7 Å². The number of aromatic nitrogens is 4. The van der Waals surface area contributed by atoms with Crippen molar-refractivity contribution in [1.29, 1.82) is 0 Å². The van der Waals surface area contributed by atoms with Gasteiger partial charge in [0.1, 0.15) is 5.75 Å². The first-order valence-electron chi connectivity index (χ1n) is 11.4. The molecule has 0 radical (unpaired) electrons. The third kappa shape index (κ3) is 6.86. The van der Waals surface area contributed by atoms with Gasteiger partial charge < -0.3 is 15.2 Å². The topological polar surface area (TPSA) is 128 Å². The third-order valence-electron chi connectivity index (χ3n) is 5.35. The van der Waals surface area contributed by atoms with Crippen LogP contribution in [0.2, 0.25) is 10.0 Å². The molecule has 0 aliphatic carbocycles. The van der Waals surface area contributed by atoms with E-state index in [4.69, 9.17) is 27.9 Å². The zero-order valence-electron chi connectivity index (χ0n) is 20.1. The van der Waals surface area contributed by atoms with Gasteiger partial charge in [0.2, 0.25) is 5.95 Å². The molecule has 1 aromatic carbocycles. The van der Waals surface area contributed by atoms with Gasteiger partial charge in [0, 0.05) is 18.4 Å². The number of pyridine rings is 1. The van der Waals surface area contributed by atoms with Gasteiger partial charge in [-0.15, -0.1) is 0 Å². The van der Waals surface area contributed by atoms with Gasteiger partial charge >= 0.3 is 17.3 Å². The predicted octanol–water partition coefficient (Wildman–Crippen LogP) is 4.19. The van der Waals surface area contributed by atoms with Crippen LogP contribution in [0.1, 0.15) is 39.3 Å². The quantitative estimate of drug-likeness (QED) is 0.374. The summed E-state index contributed by atoms with van der Waals surface area (Å²) in [6, 6.07) is 8.24. The van der Waals surface area contributed by atoms with Crippen molar-refractivity contribution >= 4 is 40.8 Å². The molecule has 2 N–H and O–H groups in total. The van der Waals surface area contributed by atoms with E-state index in [1.807, 2.05) is 6.92 Å². The molecule has 2 heterocycles. The maximum absolute atomic E-state index is 13.3. The fraction of sp³-hybridized carbons (Fsp3) is 0.375. The molecule has 2 atom stereocenters. The van der Waals surface area contributed by atoms with Crippen molar-refractivity contribution in [2.75, 3.05) is 5.32 Å². The summed E-state index contributed by atoms with van der Waals surface area (Å²) < 4.78 is 7.86. The van der Waals surface area contributed by atoms with Crippen molar-refractivity contribution < 1.29 is 14.6 Å². The van der Waals surface area contributed by atoms with Gasteiger partial charge in [-0.3, -0.25) is 14.3 Å². The van der Waals surface area contributed by atoms with E-state index >= 15 is 0 Å². The van der Waals surface area contributed by atoms with E-state index in [9.17, 15) is 19.5 Å². The van der Waals surface area contributed by atoms with Crippen LogP contribution in [0.15, 0.2) is 46.1 Å². The number of ether oxygens (including phenoxy) is 1. The van der Waals surface area contributed by atoms with E-state index in [2.05, 4.69) is 22.2 Å². The minimum absolute atomic E-state index is 0.00850. The van der Waals surface area contributed by atoms with E-state index < -0.39 is 23.3 Å². The molecule has 3 rings (SSSR count). The molecule has 0 fully saturated rings. The van der Waals surface area contributed by atoms with Crippen molar-refractivity contribution in [2.45, 2.75) is 52.8 Å². The maximum atomic E-state index is 13.3. The van der Waals surface area contributed by atoms with Crippen LogP contribution in [0.3, 0.4) is 0 Å². The lowest BCUT2D eigenvalue weighted by Crippen LogP contribution is -2.44. The normalized spacial score (nSPS) is 12.7. The molecule has 192 valence electrons. The Labute approximate surface area is 217 Å². The van der Waals surface area contributed by atoms with Crippen LogP contribution in [0.25, 0.3) is 0 Å². The number of carbonyl (C=O) groups is 1. The highest BCUT2D eigenvalue weighted by Crippen LogP contribution is 2.30. The lowest BCUT2D eigenvalue weighted by molar-refractivity contribution is -0.141. The fourth-order valence-electron chi connectivity index (χ4n) is 3.42. The molecule has 3 aromatic rings. The van der Waals surface area contributed by atoms with Gasteiger partial charge in [0.25, 0.3) is 0 Å². The average molecular weight is 536 g/mol. The van der Waals surface area contributed by atoms with Crippen LogP contribution in [0.4, 0.5) is 11.6 Å². The molecule has 0 aliphatic rings. The summed E-state index contributed by atoms with van der Waals surface area (Å²) >= 11 is 12.3. The highest BCUT2D eigenvalue weighted by atomic mass is 35.5. The van der Waals surface area contributed by atoms with Crippen molar-refractivity contribution in [3.8, 4) is 5.75 Å². The van der Waals surface area contributed by atoms with Crippen molar-refractivity contribution in [3.63, 3.8) is 0 Å². The highest BCUT2D eigenvalue weighted by Gasteiger charge is 2.19. The zero-order chi connectivity index (χ0) is 26.4. The average Bonchev–Trinajstić information content (AvgIpc) is 2.82. The molecule has 0 aliphatic heterocycles. The Kier molecular flexibility index (Phi) is 9.11. The van der Waals surface area contributed by atoms with Crippen LogP contribution in [0, 0.1) is 5.92 Å². The first-order valence-corrected chi connectivity index (χ1v) is 12.1. The van der Waals surface area contributed by atoms with E-state index in [0.29, 0.717) is 27.2 Å². The second-order valence-corrected chi connectivity index (χ2v) is 9.24. The number of anilines is 2. The number of hydrogen-bond donors (Lipinski definition) is 2. The molecule has 0 unspecified atom stereocenters. The van der Waals surface area contributed by atoms with Gasteiger partial charge in [-0.05, 0) is 43.7 Å². The van der Waals surface area contributed by atoms with Crippen molar-refractivity contribution in [3.05, 3.63) is 73.2 Å². The highest BCUT2D eigenvalue weighted by molar-refractivity contribution is 6.32. The van der Waals surface area contributed by atoms with Crippen LogP contribution in [-0.2, 0) is 17.9 Å². The van der Waals surface area contributed by atoms with Gasteiger partial charge in [-0.25, -0.2) is 14.2 Å². The Hall–Kier alpha value is -3.37. The summed E-state index contributed by atoms with van der Waals surface area (Å²) in [5, 5.41) is 13.0. The summed E-state index contributed by atoms with van der Waals surface area (Å²) in [7, 11) is 0. The van der Waals surface area contributed by atoms with E-state index in [0.717, 1.165) is 17.4 Å². The smallest absolute Gasteiger partial charge is 0.354 e.